The van der Waals surface area contributed by atoms with Crippen molar-refractivity contribution < 1.29 is 0 Å². The Morgan fingerprint density at radius 2 is 1.53 bits per heavy atom. The Morgan fingerprint density at radius 3 is 2.16 bits per heavy atom. The van der Waals surface area contributed by atoms with Crippen LogP contribution in [0.25, 0.3) is 11.1 Å². The molecule has 0 aliphatic heterocycles. The number of nitrogens with one attached hydrogen (secondary N) is 1. The molecule has 0 spiro atoms. The fraction of sp³-hybridized carbons (Fsp3) is 0.294. The van der Waals surface area contributed by atoms with Gasteiger partial charge in [0.1, 0.15) is 0 Å². The summed E-state index contributed by atoms with van der Waals surface area (Å²) in [5.74, 6) is 0. The average Bonchev–Trinajstić information content (AvgIpc) is 2.86. The highest BCUT2D eigenvalue weighted by Gasteiger charge is 2.21. The Labute approximate surface area is 114 Å². The lowest BCUT2D eigenvalue weighted by atomic mass is 10.1. The first-order valence-corrected chi connectivity index (χ1v) is 6.99. The highest BCUT2D eigenvalue weighted by atomic mass is 14.9. The van der Waals surface area contributed by atoms with Crippen molar-refractivity contribution in [1.29, 1.82) is 0 Å². The summed E-state index contributed by atoms with van der Waals surface area (Å²) in [6.07, 6.45) is 3.40. The van der Waals surface area contributed by atoms with Gasteiger partial charge < -0.3 is 11.1 Å². The normalized spacial score (nSPS) is 22.4. The summed E-state index contributed by atoms with van der Waals surface area (Å²) < 4.78 is 0. The van der Waals surface area contributed by atoms with E-state index in [1.807, 2.05) is 6.07 Å². The Bertz CT molecular complexity index is 519. The maximum atomic E-state index is 5.94. The van der Waals surface area contributed by atoms with Crippen molar-refractivity contribution in [2.75, 3.05) is 5.32 Å². The maximum absolute atomic E-state index is 5.94. The van der Waals surface area contributed by atoms with Crippen LogP contribution < -0.4 is 11.1 Å². The van der Waals surface area contributed by atoms with Gasteiger partial charge in [-0.2, -0.15) is 0 Å². The number of benzene rings is 2. The first-order valence-electron chi connectivity index (χ1n) is 6.99. The molecule has 3 N–H and O–H groups in total. The summed E-state index contributed by atoms with van der Waals surface area (Å²) in [6.45, 7) is 0. The smallest absolute Gasteiger partial charge is 0.0342 e. The Kier molecular flexibility index (Phi) is 3.51. The quantitative estimate of drug-likeness (QED) is 0.875. The second kappa shape index (κ2) is 5.45. The molecular formula is C17H20N2. The van der Waals surface area contributed by atoms with Gasteiger partial charge in [0, 0.05) is 17.8 Å². The molecule has 1 fully saturated rings. The molecule has 0 bridgehead atoms. The van der Waals surface area contributed by atoms with Crippen LogP contribution in [0.2, 0.25) is 0 Å². The monoisotopic (exact) mass is 252 g/mol. The highest BCUT2D eigenvalue weighted by Crippen LogP contribution is 2.24. The van der Waals surface area contributed by atoms with Gasteiger partial charge in [0.2, 0.25) is 0 Å². The minimum atomic E-state index is 0.376. The Balaban J connectivity index is 1.69. The van der Waals surface area contributed by atoms with E-state index in [2.05, 4.69) is 53.8 Å². The van der Waals surface area contributed by atoms with Gasteiger partial charge in [0.15, 0.2) is 0 Å². The molecule has 0 aromatic heterocycles. The van der Waals surface area contributed by atoms with Crippen molar-refractivity contribution in [2.24, 2.45) is 5.73 Å². The van der Waals surface area contributed by atoms with E-state index in [9.17, 15) is 0 Å². The van der Waals surface area contributed by atoms with Crippen LogP contribution in [0, 0.1) is 0 Å². The van der Waals surface area contributed by atoms with Crippen molar-refractivity contribution in [3.63, 3.8) is 0 Å². The predicted molar refractivity (Wildman–Crippen MR) is 81.1 cm³/mol. The van der Waals surface area contributed by atoms with Crippen molar-refractivity contribution >= 4 is 5.69 Å². The van der Waals surface area contributed by atoms with Crippen LogP contribution >= 0.6 is 0 Å². The zero-order valence-corrected chi connectivity index (χ0v) is 11.0. The van der Waals surface area contributed by atoms with Gasteiger partial charge >= 0.3 is 0 Å². The van der Waals surface area contributed by atoms with E-state index in [4.69, 9.17) is 5.73 Å². The van der Waals surface area contributed by atoms with Gasteiger partial charge in [-0.05, 0) is 42.5 Å². The average molecular weight is 252 g/mol. The molecule has 0 radical (unpaired) electrons. The molecule has 19 heavy (non-hydrogen) atoms. The van der Waals surface area contributed by atoms with Crippen molar-refractivity contribution in [3.8, 4) is 11.1 Å². The molecule has 2 heteroatoms. The molecular weight excluding hydrogens is 232 g/mol. The molecule has 2 atom stereocenters. The molecule has 3 rings (SSSR count). The van der Waals surface area contributed by atoms with E-state index in [1.165, 1.54) is 23.2 Å². The molecule has 0 saturated heterocycles. The van der Waals surface area contributed by atoms with E-state index >= 15 is 0 Å². The summed E-state index contributed by atoms with van der Waals surface area (Å²) >= 11 is 0. The van der Waals surface area contributed by atoms with Gasteiger partial charge in [-0.3, -0.25) is 0 Å². The van der Waals surface area contributed by atoms with Gasteiger partial charge in [-0.1, -0.05) is 42.5 Å². The number of anilines is 1. The molecule has 2 unspecified atom stereocenters. The third kappa shape index (κ3) is 2.96. The van der Waals surface area contributed by atoms with Crippen LogP contribution in [0.15, 0.2) is 54.6 Å². The minimum Gasteiger partial charge on any atom is -0.382 e. The minimum absolute atomic E-state index is 0.376. The number of nitrogens with two attached hydrogens (primary N) is 1. The first-order chi connectivity index (χ1) is 9.31. The Morgan fingerprint density at radius 1 is 0.842 bits per heavy atom. The second-order valence-corrected chi connectivity index (χ2v) is 5.36. The third-order valence-electron chi connectivity index (χ3n) is 3.84. The fourth-order valence-corrected chi connectivity index (χ4v) is 2.77. The number of hydrogen-bond donors (Lipinski definition) is 2. The molecule has 1 aliphatic carbocycles. The molecule has 2 aromatic rings. The summed E-state index contributed by atoms with van der Waals surface area (Å²) in [5, 5.41) is 3.57. The number of hydrogen-bond acceptors (Lipinski definition) is 2. The van der Waals surface area contributed by atoms with Crippen LogP contribution in [-0.4, -0.2) is 12.1 Å². The lowest BCUT2D eigenvalue weighted by molar-refractivity contribution is 0.688. The van der Waals surface area contributed by atoms with Crippen molar-refractivity contribution in [3.05, 3.63) is 54.6 Å². The molecule has 0 amide bonds. The lowest BCUT2D eigenvalue weighted by Crippen LogP contribution is -2.20. The van der Waals surface area contributed by atoms with E-state index in [-0.39, 0.29) is 0 Å². The second-order valence-electron chi connectivity index (χ2n) is 5.36. The van der Waals surface area contributed by atoms with Crippen LogP contribution in [-0.2, 0) is 0 Å². The molecule has 0 heterocycles. The van der Waals surface area contributed by atoms with Gasteiger partial charge in [0.05, 0.1) is 0 Å². The molecule has 2 aromatic carbocycles. The highest BCUT2D eigenvalue weighted by molar-refractivity contribution is 5.65. The zero-order chi connectivity index (χ0) is 13.1. The van der Waals surface area contributed by atoms with E-state index in [0.717, 1.165) is 12.8 Å². The largest absolute Gasteiger partial charge is 0.382 e. The van der Waals surface area contributed by atoms with E-state index < -0.39 is 0 Å². The first kappa shape index (κ1) is 12.2. The SMILES string of the molecule is NC1CCC(Nc2ccc(-c3ccccc3)cc2)C1. The fourth-order valence-electron chi connectivity index (χ4n) is 2.77. The molecule has 1 saturated carbocycles. The summed E-state index contributed by atoms with van der Waals surface area (Å²) in [5.41, 5.74) is 9.65. The van der Waals surface area contributed by atoms with Crippen LogP contribution in [0.1, 0.15) is 19.3 Å². The van der Waals surface area contributed by atoms with Gasteiger partial charge in [-0.25, -0.2) is 0 Å². The standard InChI is InChI=1S/C17H20N2/c18-15-8-11-17(12-15)19-16-9-6-14(7-10-16)13-4-2-1-3-5-13/h1-7,9-10,15,17,19H,8,11-12,18H2. The summed E-state index contributed by atoms with van der Waals surface area (Å²) in [6, 6.07) is 20.0. The van der Waals surface area contributed by atoms with E-state index in [1.54, 1.807) is 0 Å². The molecule has 98 valence electrons. The van der Waals surface area contributed by atoms with Crippen molar-refractivity contribution in [2.45, 2.75) is 31.3 Å². The van der Waals surface area contributed by atoms with Crippen LogP contribution in [0.5, 0.6) is 0 Å². The Hall–Kier alpha value is -1.80. The van der Waals surface area contributed by atoms with Crippen LogP contribution in [0.4, 0.5) is 5.69 Å². The van der Waals surface area contributed by atoms with Gasteiger partial charge in [-0.15, -0.1) is 0 Å². The maximum Gasteiger partial charge on any atom is 0.0342 e. The molecule has 1 aliphatic rings. The van der Waals surface area contributed by atoms with Gasteiger partial charge in [0.25, 0.3) is 0 Å². The molecule has 2 nitrogen and oxygen atoms in total. The van der Waals surface area contributed by atoms with E-state index in [0.29, 0.717) is 12.1 Å². The predicted octanol–water partition coefficient (Wildman–Crippen LogP) is 3.65. The number of rotatable bonds is 3. The summed E-state index contributed by atoms with van der Waals surface area (Å²) in [7, 11) is 0. The topological polar surface area (TPSA) is 38.0 Å². The third-order valence-corrected chi connectivity index (χ3v) is 3.84. The lowest BCUT2D eigenvalue weighted by Gasteiger charge is -2.14. The zero-order valence-electron chi connectivity index (χ0n) is 11.0. The van der Waals surface area contributed by atoms with Crippen LogP contribution in [0.3, 0.4) is 0 Å². The van der Waals surface area contributed by atoms with Crippen molar-refractivity contribution in [1.82, 2.24) is 0 Å². The summed E-state index contributed by atoms with van der Waals surface area (Å²) in [4.78, 5) is 0.